The first kappa shape index (κ1) is 14.0. The summed E-state index contributed by atoms with van der Waals surface area (Å²) >= 11 is 0. The molecule has 0 spiro atoms. The molecule has 2 N–H and O–H groups in total. The van der Waals surface area contributed by atoms with E-state index in [1.807, 2.05) is 0 Å². The van der Waals surface area contributed by atoms with Crippen molar-refractivity contribution in [2.45, 2.75) is 6.54 Å². The van der Waals surface area contributed by atoms with Gasteiger partial charge < -0.3 is 10.2 Å². The van der Waals surface area contributed by atoms with Gasteiger partial charge in [-0.1, -0.05) is 0 Å². The third kappa shape index (κ3) is 3.31. The van der Waals surface area contributed by atoms with E-state index in [1.54, 1.807) is 11.7 Å². The van der Waals surface area contributed by atoms with Crippen molar-refractivity contribution in [1.29, 1.82) is 0 Å². The van der Waals surface area contributed by atoms with Crippen molar-refractivity contribution in [2.24, 2.45) is 7.05 Å². The molecule has 0 radical (unpaired) electrons. The van der Waals surface area contributed by atoms with Gasteiger partial charge in [0, 0.05) is 46.3 Å². The predicted octanol–water partition coefficient (Wildman–Crippen LogP) is -0.772. The Kier molecular flexibility index (Phi) is 4.52. The lowest BCUT2D eigenvalue weighted by atomic mass is 10.2. The molecule has 1 aromatic heterocycles. The van der Waals surface area contributed by atoms with E-state index in [-0.39, 0.29) is 12.2 Å². The van der Waals surface area contributed by atoms with Crippen LogP contribution in [-0.2, 0) is 13.6 Å². The van der Waals surface area contributed by atoms with Crippen LogP contribution in [0.15, 0.2) is 6.20 Å². The van der Waals surface area contributed by atoms with Gasteiger partial charge in [0.25, 0.3) is 0 Å². The van der Waals surface area contributed by atoms with Crippen molar-refractivity contribution in [1.82, 2.24) is 19.6 Å². The van der Waals surface area contributed by atoms with Crippen LogP contribution in [0.2, 0.25) is 0 Å². The van der Waals surface area contributed by atoms with Gasteiger partial charge in [-0.3, -0.25) is 14.5 Å². The molecule has 7 nitrogen and oxygen atoms in total. The van der Waals surface area contributed by atoms with E-state index in [4.69, 9.17) is 10.2 Å². The number of hydrogen-bond acceptors (Lipinski definition) is 5. The zero-order valence-electron chi connectivity index (χ0n) is 11.1. The number of aliphatic hydroxyl groups excluding tert-OH is 1. The summed E-state index contributed by atoms with van der Waals surface area (Å²) in [7, 11) is 1.77. The Balaban J connectivity index is 1.96. The van der Waals surface area contributed by atoms with Crippen LogP contribution < -0.4 is 0 Å². The Labute approximate surface area is 112 Å². The number of hydrogen-bond donors (Lipinski definition) is 2. The highest BCUT2D eigenvalue weighted by Gasteiger charge is 2.21. The smallest absolute Gasteiger partial charge is 0.339 e. The number of carboxylic acid groups (broad SMARTS) is 1. The zero-order valence-corrected chi connectivity index (χ0v) is 11.1. The minimum atomic E-state index is -0.929. The Morgan fingerprint density at radius 1 is 1.32 bits per heavy atom. The molecule has 0 aromatic carbocycles. The summed E-state index contributed by atoms with van der Waals surface area (Å²) in [6, 6.07) is 0. The number of piperazine rings is 1. The summed E-state index contributed by atoms with van der Waals surface area (Å²) in [5.41, 5.74) is 1.02. The van der Waals surface area contributed by atoms with Crippen LogP contribution in [0.1, 0.15) is 16.1 Å². The number of aromatic carboxylic acids is 1. The zero-order chi connectivity index (χ0) is 13.8. The number of aromatic nitrogens is 2. The first-order valence-corrected chi connectivity index (χ1v) is 6.41. The molecule has 1 aliphatic heterocycles. The number of aryl methyl sites for hydroxylation is 1. The number of nitrogens with zero attached hydrogens (tertiary/aromatic N) is 4. The first-order valence-electron chi connectivity index (χ1n) is 6.41. The molecule has 0 aliphatic carbocycles. The van der Waals surface area contributed by atoms with Crippen LogP contribution in [0.5, 0.6) is 0 Å². The van der Waals surface area contributed by atoms with Gasteiger partial charge in [-0.2, -0.15) is 5.10 Å². The molecule has 0 unspecified atom stereocenters. The van der Waals surface area contributed by atoms with E-state index in [2.05, 4.69) is 14.9 Å². The fourth-order valence-electron chi connectivity index (χ4n) is 2.35. The maximum Gasteiger partial charge on any atom is 0.339 e. The van der Waals surface area contributed by atoms with Crippen LogP contribution in [0.3, 0.4) is 0 Å². The highest BCUT2D eigenvalue weighted by atomic mass is 16.4. The molecule has 2 heterocycles. The summed E-state index contributed by atoms with van der Waals surface area (Å²) in [6.07, 6.45) is 1.40. The summed E-state index contributed by atoms with van der Waals surface area (Å²) < 4.78 is 1.63. The number of aliphatic hydroxyl groups is 1. The second-order valence-electron chi connectivity index (χ2n) is 4.78. The molecule has 0 atom stereocenters. The fraction of sp³-hybridized carbons (Fsp3) is 0.667. The van der Waals surface area contributed by atoms with Crippen molar-refractivity contribution in [3.63, 3.8) is 0 Å². The topological polar surface area (TPSA) is 81.8 Å². The van der Waals surface area contributed by atoms with Gasteiger partial charge in [-0.25, -0.2) is 4.79 Å². The minimum absolute atomic E-state index is 0.185. The lowest BCUT2D eigenvalue weighted by molar-refractivity contribution is 0.0691. The van der Waals surface area contributed by atoms with E-state index in [9.17, 15) is 4.79 Å². The van der Waals surface area contributed by atoms with Crippen LogP contribution in [0, 0.1) is 0 Å². The molecule has 0 saturated carbocycles. The molecule has 7 heteroatoms. The molecule has 1 fully saturated rings. The van der Waals surface area contributed by atoms with Gasteiger partial charge in [0.05, 0.1) is 18.5 Å². The van der Waals surface area contributed by atoms with Crippen molar-refractivity contribution in [2.75, 3.05) is 39.3 Å². The first-order chi connectivity index (χ1) is 9.11. The maximum atomic E-state index is 11.1. The summed E-state index contributed by atoms with van der Waals surface area (Å²) in [5, 5.41) is 22.0. The van der Waals surface area contributed by atoms with Gasteiger partial charge in [0.1, 0.15) is 5.56 Å². The number of β-amino-alcohol motifs (C(OH)–C–C–N with tert-alkyl or cyclic N) is 1. The van der Waals surface area contributed by atoms with Crippen LogP contribution in [0.4, 0.5) is 0 Å². The van der Waals surface area contributed by atoms with Crippen molar-refractivity contribution < 1.29 is 15.0 Å². The minimum Gasteiger partial charge on any atom is -0.478 e. The summed E-state index contributed by atoms with van der Waals surface area (Å²) in [6.45, 7) is 5.06. The third-order valence-corrected chi connectivity index (χ3v) is 3.55. The van der Waals surface area contributed by atoms with Gasteiger partial charge in [-0.05, 0) is 0 Å². The predicted molar refractivity (Wildman–Crippen MR) is 69.0 cm³/mol. The molecule has 1 saturated heterocycles. The highest BCUT2D eigenvalue weighted by Crippen LogP contribution is 2.12. The van der Waals surface area contributed by atoms with Crippen molar-refractivity contribution in [3.05, 3.63) is 17.5 Å². The Bertz CT molecular complexity index is 438. The van der Waals surface area contributed by atoms with Crippen LogP contribution >= 0.6 is 0 Å². The summed E-state index contributed by atoms with van der Waals surface area (Å²) in [4.78, 5) is 15.5. The highest BCUT2D eigenvalue weighted by molar-refractivity contribution is 5.88. The van der Waals surface area contributed by atoms with E-state index >= 15 is 0 Å². The fourth-order valence-corrected chi connectivity index (χ4v) is 2.35. The number of carboxylic acids is 1. The van der Waals surface area contributed by atoms with Gasteiger partial charge in [0.2, 0.25) is 0 Å². The Morgan fingerprint density at radius 3 is 2.53 bits per heavy atom. The quantitative estimate of drug-likeness (QED) is 0.729. The molecular weight excluding hydrogens is 248 g/mol. The molecular formula is C12H20N4O3. The average Bonchev–Trinajstić information content (AvgIpc) is 2.74. The van der Waals surface area contributed by atoms with Crippen molar-refractivity contribution in [3.8, 4) is 0 Å². The number of rotatable bonds is 5. The summed E-state index contributed by atoms with van der Waals surface area (Å²) in [5.74, 6) is -0.929. The maximum absolute atomic E-state index is 11.1. The SMILES string of the molecule is Cn1ncc(C(=O)O)c1CN1CCN(CCO)CC1. The largest absolute Gasteiger partial charge is 0.478 e. The second kappa shape index (κ2) is 6.14. The number of carbonyl (C=O) groups is 1. The molecule has 19 heavy (non-hydrogen) atoms. The molecule has 1 aliphatic rings. The average molecular weight is 268 g/mol. The standard InChI is InChI=1S/C12H20N4O3/c1-14-11(10(8-13-14)12(18)19)9-16-4-2-15(3-5-16)6-7-17/h8,17H,2-7,9H2,1H3,(H,18,19). The van der Waals surface area contributed by atoms with E-state index < -0.39 is 5.97 Å². The van der Waals surface area contributed by atoms with Crippen molar-refractivity contribution >= 4 is 5.97 Å². The van der Waals surface area contributed by atoms with E-state index in [0.717, 1.165) is 31.9 Å². The molecule has 0 bridgehead atoms. The molecule has 2 rings (SSSR count). The lowest BCUT2D eigenvalue weighted by Gasteiger charge is -2.34. The Hall–Kier alpha value is -1.44. The Morgan fingerprint density at radius 2 is 1.95 bits per heavy atom. The third-order valence-electron chi connectivity index (χ3n) is 3.55. The normalized spacial score (nSPS) is 17.8. The van der Waals surface area contributed by atoms with E-state index in [0.29, 0.717) is 13.1 Å². The molecule has 0 amide bonds. The lowest BCUT2D eigenvalue weighted by Crippen LogP contribution is -2.46. The molecule has 106 valence electrons. The van der Waals surface area contributed by atoms with Gasteiger partial charge in [-0.15, -0.1) is 0 Å². The van der Waals surface area contributed by atoms with Crippen LogP contribution in [-0.4, -0.2) is 75.1 Å². The van der Waals surface area contributed by atoms with E-state index in [1.165, 1.54) is 6.20 Å². The van der Waals surface area contributed by atoms with Crippen LogP contribution in [0.25, 0.3) is 0 Å². The molecule has 1 aromatic rings. The second-order valence-corrected chi connectivity index (χ2v) is 4.78. The van der Waals surface area contributed by atoms with Gasteiger partial charge in [0.15, 0.2) is 0 Å². The monoisotopic (exact) mass is 268 g/mol. The van der Waals surface area contributed by atoms with Gasteiger partial charge >= 0.3 is 5.97 Å².